The summed E-state index contributed by atoms with van der Waals surface area (Å²) in [4.78, 5) is 18.6. The fourth-order valence-electron chi connectivity index (χ4n) is 3.49. The largest absolute Gasteiger partial charge is 0.342 e. The molecule has 1 aliphatic rings. The molecule has 3 heterocycles. The highest BCUT2D eigenvalue weighted by atomic mass is 16.5. The number of amides is 1. The minimum atomic E-state index is 0.0498. The van der Waals surface area contributed by atoms with Gasteiger partial charge in [0, 0.05) is 36.7 Å². The molecule has 2 aromatic heterocycles. The minimum Gasteiger partial charge on any atom is -0.342 e. The number of piperidine rings is 1. The molecule has 1 saturated heterocycles. The summed E-state index contributed by atoms with van der Waals surface area (Å²) >= 11 is 0. The summed E-state index contributed by atoms with van der Waals surface area (Å²) in [6.07, 6.45) is 4.19. The number of fused-ring (bicyclic) bond motifs is 1. The quantitative estimate of drug-likeness (QED) is 0.779. The van der Waals surface area contributed by atoms with E-state index in [1.165, 1.54) is 0 Å². The van der Waals surface area contributed by atoms with Crippen molar-refractivity contribution in [1.82, 2.24) is 25.2 Å². The summed E-state index contributed by atoms with van der Waals surface area (Å²) in [5, 5.41) is 12.3. The van der Waals surface area contributed by atoms with Gasteiger partial charge >= 0.3 is 0 Å². The Labute approximate surface area is 151 Å². The van der Waals surface area contributed by atoms with Crippen LogP contribution in [-0.4, -0.2) is 44.2 Å². The zero-order valence-electron chi connectivity index (χ0n) is 15.1. The van der Waals surface area contributed by atoms with Crippen molar-refractivity contribution >= 4 is 16.8 Å². The smallest absolute Gasteiger partial charge is 0.229 e. The number of carbonyl (C=O) groups excluding carboxylic acids is 1. The number of nitrogens with zero attached hydrogens (tertiary/aromatic N) is 4. The lowest BCUT2D eigenvalue weighted by molar-refractivity contribution is -0.135. The van der Waals surface area contributed by atoms with Crippen LogP contribution >= 0.6 is 0 Å². The highest BCUT2D eigenvalue weighted by Gasteiger charge is 2.28. The van der Waals surface area contributed by atoms with Crippen LogP contribution in [-0.2, 0) is 11.2 Å². The Bertz CT molecular complexity index is 905. The maximum absolute atomic E-state index is 12.1. The Kier molecular flexibility index (Phi) is 4.44. The molecule has 0 radical (unpaired) electrons. The second-order valence-corrected chi connectivity index (χ2v) is 7.27. The van der Waals surface area contributed by atoms with Gasteiger partial charge in [0.05, 0.1) is 11.7 Å². The van der Waals surface area contributed by atoms with Gasteiger partial charge < -0.3 is 9.42 Å². The molecule has 0 saturated carbocycles. The Hall–Kier alpha value is -2.70. The van der Waals surface area contributed by atoms with Gasteiger partial charge in [-0.1, -0.05) is 31.1 Å². The average molecular weight is 353 g/mol. The molecule has 1 amide bonds. The number of nitrogens with one attached hydrogen (secondary N) is 1. The number of hydrogen-bond acceptors (Lipinski definition) is 5. The highest BCUT2D eigenvalue weighted by Crippen LogP contribution is 2.27. The van der Waals surface area contributed by atoms with E-state index in [2.05, 4.69) is 32.5 Å². The monoisotopic (exact) mass is 353 g/mol. The van der Waals surface area contributed by atoms with Crippen LogP contribution in [0.4, 0.5) is 0 Å². The van der Waals surface area contributed by atoms with Gasteiger partial charge in [0.25, 0.3) is 0 Å². The molecule has 0 aliphatic carbocycles. The summed E-state index contributed by atoms with van der Waals surface area (Å²) in [6.45, 7) is 5.41. The number of H-pyrrole nitrogens is 1. The zero-order valence-corrected chi connectivity index (χ0v) is 15.1. The average Bonchev–Trinajstić information content (AvgIpc) is 3.30. The van der Waals surface area contributed by atoms with E-state index in [0.29, 0.717) is 18.1 Å². The van der Waals surface area contributed by atoms with Crippen molar-refractivity contribution < 1.29 is 9.32 Å². The first-order valence-corrected chi connectivity index (χ1v) is 9.13. The number of benzene rings is 1. The molecule has 0 bridgehead atoms. The molecular formula is C19H23N5O2. The number of aromatic nitrogens is 4. The van der Waals surface area contributed by atoms with Crippen molar-refractivity contribution in [2.24, 2.45) is 5.92 Å². The minimum absolute atomic E-state index is 0.0498. The summed E-state index contributed by atoms with van der Waals surface area (Å²) in [6, 6.07) is 6.16. The van der Waals surface area contributed by atoms with Crippen LogP contribution in [0.15, 0.2) is 28.9 Å². The maximum atomic E-state index is 12.1. The predicted molar refractivity (Wildman–Crippen MR) is 96.6 cm³/mol. The van der Waals surface area contributed by atoms with E-state index < -0.39 is 0 Å². The van der Waals surface area contributed by atoms with Gasteiger partial charge in [-0.3, -0.25) is 9.89 Å². The Balaban J connectivity index is 1.39. The molecule has 7 heteroatoms. The molecular weight excluding hydrogens is 330 g/mol. The van der Waals surface area contributed by atoms with Gasteiger partial charge in [-0.15, -0.1) is 0 Å². The molecule has 3 aromatic rings. The Morgan fingerprint density at radius 3 is 2.92 bits per heavy atom. The molecule has 1 fully saturated rings. The molecule has 1 aliphatic heterocycles. The molecule has 0 spiro atoms. The lowest BCUT2D eigenvalue weighted by Gasteiger charge is -2.31. The van der Waals surface area contributed by atoms with E-state index in [1.54, 1.807) is 0 Å². The van der Waals surface area contributed by atoms with Crippen molar-refractivity contribution in [3.05, 3.63) is 41.7 Å². The van der Waals surface area contributed by atoms with Crippen LogP contribution in [0.3, 0.4) is 0 Å². The van der Waals surface area contributed by atoms with E-state index in [4.69, 9.17) is 4.52 Å². The maximum Gasteiger partial charge on any atom is 0.229 e. The van der Waals surface area contributed by atoms with Gasteiger partial charge in [0.2, 0.25) is 11.8 Å². The highest BCUT2D eigenvalue weighted by molar-refractivity contribution is 5.78. The molecule has 7 nitrogen and oxygen atoms in total. The number of likely N-dealkylation sites (tertiary alicyclic amines) is 1. The summed E-state index contributed by atoms with van der Waals surface area (Å²) in [5.74, 6) is 1.90. The van der Waals surface area contributed by atoms with Crippen molar-refractivity contribution in [1.29, 1.82) is 0 Å². The first kappa shape index (κ1) is 16.8. The number of aromatic amines is 1. The zero-order chi connectivity index (χ0) is 18.1. The topological polar surface area (TPSA) is 87.9 Å². The van der Waals surface area contributed by atoms with Crippen LogP contribution < -0.4 is 0 Å². The van der Waals surface area contributed by atoms with Crippen molar-refractivity contribution in [2.45, 2.75) is 39.0 Å². The molecule has 0 unspecified atom stereocenters. The molecule has 4 rings (SSSR count). The van der Waals surface area contributed by atoms with Gasteiger partial charge in [-0.25, -0.2) is 0 Å². The molecule has 0 atom stereocenters. The van der Waals surface area contributed by atoms with Crippen LogP contribution in [0.25, 0.3) is 10.9 Å². The number of carbonyl (C=O) groups is 1. The predicted octanol–water partition coefficient (Wildman–Crippen LogP) is 2.90. The third-order valence-corrected chi connectivity index (χ3v) is 5.00. The second-order valence-electron chi connectivity index (χ2n) is 7.27. The fraction of sp³-hybridized carbons (Fsp3) is 0.474. The van der Waals surface area contributed by atoms with Gasteiger partial charge in [-0.05, 0) is 24.5 Å². The van der Waals surface area contributed by atoms with Crippen molar-refractivity contribution in [3.8, 4) is 0 Å². The van der Waals surface area contributed by atoms with E-state index in [1.807, 2.05) is 31.0 Å². The van der Waals surface area contributed by atoms with Gasteiger partial charge in [0.15, 0.2) is 5.82 Å². The number of hydrogen-bond donors (Lipinski definition) is 1. The van der Waals surface area contributed by atoms with Gasteiger partial charge in [0.1, 0.15) is 0 Å². The first-order chi connectivity index (χ1) is 12.6. The van der Waals surface area contributed by atoms with Crippen molar-refractivity contribution in [2.75, 3.05) is 13.1 Å². The fourth-order valence-corrected chi connectivity index (χ4v) is 3.49. The Morgan fingerprint density at radius 1 is 1.35 bits per heavy atom. The molecule has 1 N–H and O–H groups in total. The molecule has 1 aromatic carbocycles. The van der Waals surface area contributed by atoms with Crippen LogP contribution in [0.1, 0.15) is 49.9 Å². The number of rotatable bonds is 4. The molecule has 26 heavy (non-hydrogen) atoms. The van der Waals surface area contributed by atoms with E-state index in [-0.39, 0.29) is 17.7 Å². The van der Waals surface area contributed by atoms with Gasteiger partial charge in [-0.2, -0.15) is 10.1 Å². The van der Waals surface area contributed by atoms with Crippen LogP contribution in [0.2, 0.25) is 0 Å². The normalized spacial score (nSPS) is 15.9. The van der Waals surface area contributed by atoms with E-state index >= 15 is 0 Å². The standard InChI is InChI=1S/C19H23N5O2/c1-12(2)19(25)24-7-5-14(6-8-24)18-21-17(23-26-18)10-13-3-4-15-11-20-22-16(15)9-13/h3-4,9,11-12,14H,5-8,10H2,1-2H3,(H,20,22). The first-order valence-electron chi connectivity index (χ1n) is 9.13. The van der Waals surface area contributed by atoms with Crippen LogP contribution in [0.5, 0.6) is 0 Å². The SMILES string of the molecule is CC(C)C(=O)N1CCC(c2nc(Cc3ccc4cn[nH]c4c3)no2)CC1. The third kappa shape index (κ3) is 3.34. The Morgan fingerprint density at radius 2 is 2.15 bits per heavy atom. The second kappa shape index (κ2) is 6.90. The summed E-state index contributed by atoms with van der Waals surface area (Å²) in [7, 11) is 0. The van der Waals surface area contributed by atoms with Crippen LogP contribution in [0, 0.1) is 5.92 Å². The summed E-state index contributed by atoms with van der Waals surface area (Å²) < 4.78 is 5.51. The van der Waals surface area contributed by atoms with E-state index in [0.717, 1.165) is 42.4 Å². The van der Waals surface area contributed by atoms with E-state index in [9.17, 15) is 4.79 Å². The third-order valence-electron chi connectivity index (χ3n) is 5.00. The lowest BCUT2D eigenvalue weighted by Crippen LogP contribution is -2.40. The lowest BCUT2D eigenvalue weighted by atomic mass is 9.96. The van der Waals surface area contributed by atoms with Crippen molar-refractivity contribution in [3.63, 3.8) is 0 Å². The summed E-state index contributed by atoms with van der Waals surface area (Å²) in [5.41, 5.74) is 2.12. The molecule has 136 valence electrons.